The van der Waals surface area contributed by atoms with Gasteiger partial charge in [0.15, 0.2) is 0 Å². The fourth-order valence-corrected chi connectivity index (χ4v) is 3.08. The Morgan fingerprint density at radius 1 is 1.30 bits per heavy atom. The van der Waals surface area contributed by atoms with Crippen LogP contribution in [0.1, 0.15) is 46.5 Å². The summed E-state index contributed by atoms with van der Waals surface area (Å²) in [6.45, 7) is 7.11. The Hall–Kier alpha value is -1.42. The Labute approximate surface area is 144 Å². The number of hydrogen-bond donors (Lipinski definition) is 2. The summed E-state index contributed by atoms with van der Waals surface area (Å²) in [5.74, 6) is 3.48. The lowest BCUT2D eigenvalue weighted by Gasteiger charge is -2.28. The zero-order valence-corrected chi connectivity index (χ0v) is 15.2. The van der Waals surface area contributed by atoms with Gasteiger partial charge in [-0.05, 0) is 48.8 Å². The molecule has 2 rings (SSSR count). The monoisotopic (exact) mass is 341 g/mol. The van der Waals surface area contributed by atoms with Gasteiger partial charge in [-0.1, -0.05) is 45.2 Å². The first kappa shape index (κ1) is 19.6. The summed E-state index contributed by atoms with van der Waals surface area (Å²) in [5, 5.41) is 10.9. The molecular weight excluding hydrogens is 314 g/mol. The number of anilines is 1. The predicted octanol–water partition coefficient (Wildman–Crippen LogP) is 5.91. The maximum absolute atomic E-state index is 10.2. The first-order chi connectivity index (χ1) is 10.8. The molecule has 1 aromatic rings. The maximum atomic E-state index is 10.2. The SMILES string of the molecule is CC1CCC(C(C)C)CC1.COc1ccc(NC(=O)O)cc1Cl. The predicted molar refractivity (Wildman–Crippen MR) is 95.6 cm³/mol. The van der Waals surface area contributed by atoms with Gasteiger partial charge in [0, 0.05) is 5.69 Å². The number of ether oxygens (including phenoxy) is 1. The third-order valence-corrected chi connectivity index (χ3v) is 4.70. The van der Waals surface area contributed by atoms with Crippen LogP contribution >= 0.6 is 11.6 Å². The van der Waals surface area contributed by atoms with E-state index < -0.39 is 6.09 Å². The smallest absolute Gasteiger partial charge is 0.409 e. The average molecular weight is 342 g/mol. The zero-order valence-electron chi connectivity index (χ0n) is 14.4. The van der Waals surface area contributed by atoms with Crippen molar-refractivity contribution in [2.24, 2.45) is 17.8 Å². The minimum Gasteiger partial charge on any atom is -0.495 e. The van der Waals surface area contributed by atoms with Crippen LogP contribution < -0.4 is 10.1 Å². The van der Waals surface area contributed by atoms with E-state index in [2.05, 4.69) is 26.1 Å². The zero-order chi connectivity index (χ0) is 17.4. The summed E-state index contributed by atoms with van der Waals surface area (Å²) in [6.07, 6.45) is 4.80. The topological polar surface area (TPSA) is 58.6 Å². The fraction of sp³-hybridized carbons (Fsp3) is 0.611. The highest BCUT2D eigenvalue weighted by molar-refractivity contribution is 6.32. The number of halogens is 1. The van der Waals surface area contributed by atoms with E-state index in [9.17, 15) is 4.79 Å². The summed E-state index contributed by atoms with van der Waals surface area (Å²) in [4.78, 5) is 10.2. The van der Waals surface area contributed by atoms with Crippen LogP contribution in [-0.2, 0) is 0 Å². The van der Waals surface area contributed by atoms with Gasteiger partial charge in [0.25, 0.3) is 0 Å². The van der Waals surface area contributed by atoms with Crippen LogP contribution in [0.3, 0.4) is 0 Å². The van der Waals surface area contributed by atoms with Crippen molar-refractivity contribution in [2.75, 3.05) is 12.4 Å². The Morgan fingerprint density at radius 2 is 1.91 bits per heavy atom. The van der Waals surface area contributed by atoms with Crippen molar-refractivity contribution < 1.29 is 14.6 Å². The molecule has 1 aliphatic rings. The lowest BCUT2D eigenvalue weighted by molar-refractivity contribution is 0.209. The minimum atomic E-state index is -1.12. The number of nitrogens with one attached hydrogen (secondary N) is 1. The van der Waals surface area contributed by atoms with Crippen LogP contribution in [0.2, 0.25) is 5.02 Å². The normalized spacial score (nSPS) is 20.4. The van der Waals surface area contributed by atoms with E-state index >= 15 is 0 Å². The van der Waals surface area contributed by atoms with Crippen LogP contribution in [0.4, 0.5) is 10.5 Å². The van der Waals surface area contributed by atoms with Gasteiger partial charge in [0.1, 0.15) is 5.75 Å². The molecule has 0 atom stereocenters. The summed E-state index contributed by atoms with van der Waals surface area (Å²) >= 11 is 5.76. The molecule has 0 saturated heterocycles. The van der Waals surface area contributed by atoms with Gasteiger partial charge in [0.05, 0.1) is 12.1 Å². The molecule has 0 aliphatic heterocycles. The Balaban J connectivity index is 0.000000238. The molecule has 0 radical (unpaired) electrons. The second-order valence-corrected chi connectivity index (χ2v) is 6.95. The van der Waals surface area contributed by atoms with Crippen molar-refractivity contribution in [3.05, 3.63) is 23.2 Å². The van der Waals surface area contributed by atoms with E-state index in [-0.39, 0.29) is 0 Å². The fourth-order valence-electron chi connectivity index (χ4n) is 2.82. The molecule has 0 bridgehead atoms. The number of carboxylic acid groups (broad SMARTS) is 1. The van der Waals surface area contributed by atoms with E-state index in [0.717, 1.165) is 17.8 Å². The Bertz CT molecular complexity index is 497. The molecule has 1 saturated carbocycles. The molecule has 130 valence electrons. The second kappa shape index (κ2) is 9.66. The Kier molecular flexibility index (Phi) is 8.24. The van der Waals surface area contributed by atoms with E-state index in [4.69, 9.17) is 21.4 Å². The van der Waals surface area contributed by atoms with E-state index in [1.54, 1.807) is 12.1 Å². The molecule has 2 N–H and O–H groups in total. The van der Waals surface area contributed by atoms with E-state index in [1.165, 1.54) is 38.9 Å². The summed E-state index contributed by atoms with van der Waals surface area (Å²) < 4.78 is 4.90. The molecule has 1 fully saturated rings. The first-order valence-corrected chi connectivity index (χ1v) is 8.54. The third kappa shape index (κ3) is 7.12. The van der Waals surface area contributed by atoms with Gasteiger partial charge in [-0.3, -0.25) is 5.32 Å². The van der Waals surface area contributed by atoms with Crippen LogP contribution in [0.15, 0.2) is 18.2 Å². The lowest BCUT2D eigenvalue weighted by atomic mass is 9.78. The van der Waals surface area contributed by atoms with Crippen molar-refractivity contribution in [1.82, 2.24) is 0 Å². The van der Waals surface area contributed by atoms with Gasteiger partial charge in [-0.25, -0.2) is 4.79 Å². The highest BCUT2D eigenvalue weighted by Gasteiger charge is 2.20. The third-order valence-electron chi connectivity index (χ3n) is 4.41. The minimum absolute atomic E-state index is 0.369. The summed E-state index contributed by atoms with van der Waals surface area (Å²) in [7, 11) is 1.49. The maximum Gasteiger partial charge on any atom is 0.409 e. The van der Waals surface area contributed by atoms with Gasteiger partial charge >= 0.3 is 6.09 Å². The van der Waals surface area contributed by atoms with Crippen LogP contribution in [0.25, 0.3) is 0 Å². The average Bonchev–Trinajstić information content (AvgIpc) is 2.48. The quantitative estimate of drug-likeness (QED) is 0.718. The summed E-state index contributed by atoms with van der Waals surface area (Å²) in [6, 6.07) is 4.64. The molecule has 23 heavy (non-hydrogen) atoms. The molecule has 0 spiro atoms. The van der Waals surface area contributed by atoms with Crippen molar-refractivity contribution in [3.8, 4) is 5.75 Å². The molecule has 4 nitrogen and oxygen atoms in total. The standard InChI is InChI=1S/C10H20.C8H8ClNO3/c1-8(2)10-6-4-9(3)5-7-10;1-13-7-3-2-5(4-6(7)9)10-8(11)12/h8-10H,4-7H2,1-3H3;2-4,10H,1H3,(H,11,12). The van der Waals surface area contributed by atoms with Gasteiger partial charge in [-0.15, -0.1) is 0 Å². The first-order valence-electron chi connectivity index (χ1n) is 8.17. The highest BCUT2D eigenvalue weighted by atomic mass is 35.5. The number of amides is 1. The van der Waals surface area contributed by atoms with Gasteiger partial charge in [-0.2, -0.15) is 0 Å². The van der Waals surface area contributed by atoms with Crippen molar-refractivity contribution >= 4 is 23.4 Å². The molecule has 1 aromatic carbocycles. The number of hydrogen-bond acceptors (Lipinski definition) is 2. The molecule has 0 unspecified atom stereocenters. The van der Waals surface area contributed by atoms with Crippen LogP contribution in [-0.4, -0.2) is 18.3 Å². The van der Waals surface area contributed by atoms with Crippen LogP contribution in [0.5, 0.6) is 5.75 Å². The number of carbonyl (C=O) groups is 1. The van der Waals surface area contributed by atoms with E-state index in [1.807, 2.05) is 0 Å². The summed E-state index contributed by atoms with van der Waals surface area (Å²) in [5.41, 5.74) is 0.415. The number of methoxy groups -OCH3 is 1. The second-order valence-electron chi connectivity index (χ2n) is 6.54. The van der Waals surface area contributed by atoms with Gasteiger partial charge in [0.2, 0.25) is 0 Å². The van der Waals surface area contributed by atoms with Crippen LogP contribution in [0, 0.1) is 17.8 Å². The number of rotatable bonds is 3. The van der Waals surface area contributed by atoms with Gasteiger partial charge < -0.3 is 9.84 Å². The lowest BCUT2D eigenvalue weighted by Crippen LogP contribution is -2.16. The van der Waals surface area contributed by atoms with Crippen molar-refractivity contribution in [3.63, 3.8) is 0 Å². The molecule has 5 heteroatoms. The molecular formula is C18H28ClNO3. The highest BCUT2D eigenvalue weighted by Crippen LogP contribution is 2.32. The molecule has 1 aliphatic carbocycles. The largest absolute Gasteiger partial charge is 0.495 e. The number of benzene rings is 1. The van der Waals surface area contributed by atoms with Crippen molar-refractivity contribution in [1.29, 1.82) is 0 Å². The van der Waals surface area contributed by atoms with Crippen molar-refractivity contribution in [2.45, 2.75) is 46.5 Å². The Morgan fingerprint density at radius 3 is 2.35 bits per heavy atom. The molecule has 0 heterocycles. The van der Waals surface area contributed by atoms with E-state index in [0.29, 0.717) is 16.5 Å². The molecule has 0 aromatic heterocycles. The molecule has 1 amide bonds.